The Bertz CT molecular complexity index is 3270. The van der Waals surface area contributed by atoms with E-state index in [2.05, 4.69) is 267 Å². The van der Waals surface area contributed by atoms with Gasteiger partial charge in [0.15, 0.2) is 0 Å². The number of benzene rings is 10. The zero-order chi connectivity index (χ0) is 43.5. The number of fused-ring (bicyclic) bond motifs is 6. The molecule has 0 N–H and O–H groups in total. The summed E-state index contributed by atoms with van der Waals surface area (Å²) in [6, 6.07) is 92.1. The number of nitrogens with zero attached hydrogens (tertiary/aromatic N) is 1. The van der Waals surface area contributed by atoms with E-state index in [0.717, 1.165) is 17.1 Å². The van der Waals surface area contributed by atoms with Crippen LogP contribution in [0.3, 0.4) is 0 Å². The Morgan fingerprint density at radius 1 is 0.262 bits per heavy atom. The van der Waals surface area contributed by atoms with Gasteiger partial charge in [-0.3, -0.25) is 0 Å². The minimum Gasteiger partial charge on any atom is -0.310 e. The van der Waals surface area contributed by atoms with Crippen LogP contribution in [0.25, 0.3) is 55.6 Å². The maximum absolute atomic E-state index is 2.48. The summed E-state index contributed by atoms with van der Waals surface area (Å²) in [6.45, 7) is 4.74. The van der Waals surface area contributed by atoms with Gasteiger partial charge in [0.1, 0.15) is 0 Å². The summed E-state index contributed by atoms with van der Waals surface area (Å²) >= 11 is 0. The topological polar surface area (TPSA) is 3.24 Å². The molecule has 1 nitrogen and oxygen atoms in total. The van der Waals surface area contributed by atoms with E-state index in [0.29, 0.717) is 0 Å². The van der Waals surface area contributed by atoms with Crippen LogP contribution in [0.1, 0.15) is 47.2 Å². The Balaban J connectivity index is 1.05. The average Bonchev–Trinajstić information content (AvgIpc) is 3.80. The van der Waals surface area contributed by atoms with E-state index >= 15 is 0 Å². The molecular weight excluding hydrogens is 783 g/mol. The van der Waals surface area contributed by atoms with E-state index in [9.17, 15) is 0 Å². The molecule has 0 bridgehead atoms. The van der Waals surface area contributed by atoms with Gasteiger partial charge >= 0.3 is 0 Å². The molecular formula is C64H47N. The summed E-state index contributed by atoms with van der Waals surface area (Å²) in [6.07, 6.45) is 0. The van der Waals surface area contributed by atoms with Crippen LogP contribution in [0.2, 0.25) is 0 Å². The van der Waals surface area contributed by atoms with E-state index in [1.807, 2.05) is 0 Å². The van der Waals surface area contributed by atoms with E-state index in [1.165, 1.54) is 89.0 Å². The summed E-state index contributed by atoms with van der Waals surface area (Å²) in [5.74, 6) is 0. The molecule has 0 aliphatic heterocycles. The number of anilines is 3. The van der Waals surface area contributed by atoms with Crippen molar-refractivity contribution >= 4 is 17.1 Å². The van der Waals surface area contributed by atoms with Gasteiger partial charge in [-0.1, -0.05) is 208 Å². The van der Waals surface area contributed by atoms with E-state index < -0.39 is 5.41 Å². The smallest absolute Gasteiger partial charge is 0.0714 e. The molecule has 10 aromatic rings. The second-order valence-electron chi connectivity index (χ2n) is 18.1. The highest BCUT2D eigenvalue weighted by molar-refractivity contribution is 5.91. The fraction of sp³-hybridized carbons (Fsp3) is 0.0625. The van der Waals surface area contributed by atoms with Crippen molar-refractivity contribution in [3.8, 4) is 55.6 Å². The molecule has 0 aromatic heterocycles. The molecule has 0 fully saturated rings. The van der Waals surface area contributed by atoms with Gasteiger partial charge in [-0.2, -0.15) is 0 Å². The molecule has 65 heavy (non-hydrogen) atoms. The first-order valence-corrected chi connectivity index (χ1v) is 22.7. The molecule has 0 amide bonds. The zero-order valence-corrected chi connectivity index (χ0v) is 36.6. The first-order chi connectivity index (χ1) is 32.0. The van der Waals surface area contributed by atoms with E-state index in [1.54, 1.807) is 0 Å². The second-order valence-corrected chi connectivity index (χ2v) is 18.1. The lowest BCUT2D eigenvalue weighted by molar-refractivity contribution is 0.660. The standard InChI is InChI=1S/C64H47N/c1-63(2)59-29-17-15-27-55(59)57-37-35-53(42-61(57)63)65(52-33-31-46(32-34-52)49-40-47(44-19-7-3-8-20-44)39-48(41-49)45-21-9-4-10-22-45)54-36-38-58-56-28-16-18-30-60(56)64(62(58)43-54,50-23-11-5-12-24-50)51-25-13-6-14-26-51/h3-43H,1-2H3. The van der Waals surface area contributed by atoms with Crippen LogP contribution in [0.4, 0.5) is 17.1 Å². The molecule has 0 atom stereocenters. The van der Waals surface area contributed by atoms with E-state index in [-0.39, 0.29) is 5.41 Å². The minimum atomic E-state index is -0.512. The van der Waals surface area contributed by atoms with Crippen molar-refractivity contribution in [3.05, 3.63) is 282 Å². The molecule has 0 unspecified atom stereocenters. The maximum atomic E-state index is 2.48. The lowest BCUT2D eigenvalue weighted by atomic mass is 9.67. The monoisotopic (exact) mass is 829 g/mol. The van der Waals surface area contributed by atoms with Crippen LogP contribution in [0.5, 0.6) is 0 Å². The Morgan fingerprint density at radius 2 is 0.631 bits per heavy atom. The predicted octanol–water partition coefficient (Wildman–Crippen LogP) is 16.8. The van der Waals surface area contributed by atoms with Gasteiger partial charge in [0.25, 0.3) is 0 Å². The number of hydrogen-bond donors (Lipinski definition) is 0. The molecule has 2 aliphatic rings. The summed E-state index contributed by atoms with van der Waals surface area (Å²) in [5.41, 5.74) is 22.9. The highest BCUT2D eigenvalue weighted by atomic mass is 15.1. The lowest BCUT2D eigenvalue weighted by Crippen LogP contribution is -2.28. The van der Waals surface area contributed by atoms with Crippen LogP contribution in [0, 0.1) is 0 Å². The third kappa shape index (κ3) is 6.22. The molecule has 0 saturated carbocycles. The molecule has 0 radical (unpaired) electrons. The van der Waals surface area contributed by atoms with Gasteiger partial charge < -0.3 is 4.90 Å². The van der Waals surface area contributed by atoms with Gasteiger partial charge in [-0.15, -0.1) is 0 Å². The van der Waals surface area contributed by atoms with Crippen LogP contribution in [0.15, 0.2) is 249 Å². The Labute approximate surface area is 382 Å². The van der Waals surface area contributed by atoms with E-state index in [4.69, 9.17) is 0 Å². The molecule has 10 aromatic carbocycles. The second kappa shape index (κ2) is 15.4. The minimum absolute atomic E-state index is 0.146. The van der Waals surface area contributed by atoms with Crippen LogP contribution < -0.4 is 4.90 Å². The van der Waals surface area contributed by atoms with Crippen molar-refractivity contribution in [2.45, 2.75) is 24.7 Å². The SMILES string of the molecule is CC1(C)c2ccccc2-c2ccc(N(c3ccc(-c4cc(-c5ccccc5)cc(-c5ccccc5)c4)cc3)c3ccc4c(c3)C(c3ccccc3)(c3ccccc3)c3ccccc3-4)cc21. The molecule has 0 spiro atoms. The number of hydrogen-bond acceptors (Lipinski definition) is 1. The summed E-state index contributed by atoms with van der Waals surface area (Å²) in [7, 11) is 0. The molecule has 0 heterocycles. The fourth-order valence-electron chi connectivity index (χ4n) is 11.0. The first kappa shape index (κ1) is 38.7. The first-order valence-electron chi connectivity index (χ1n) is 22.7. The summed E-state index contributed by atoms with van der Waals surface area (Å²) in [5, 5.41) is 0. The third-order valence-corrected chi connectivity index (χ3v) is 14.1. The van der Waals surface area contributed by atoms with Crippen molar-refractivity contribution in [2.24, 2.45) is 0 Å². The van der Waals surface area contributed by atoms with Crippen molar-refractivity contribution < 1.29 is 0 Å². The lowest BCUT2D eigenvalue weighted by Gasteiger charge is -2.35. The van der Waals surface area contributed by atoms with Crippen LogP contribution >= 0.6 is 0 Å². The maximum Gasteiger partial charge on any atom is 0.0714 e. The third-order valence-electron chi connectivity index (χ3n) is 14.1. The summed E-state index contributed by atoms with van der Waals surface area (Å²) < 4.78 is 0. The van der Waals surface area contributed by atoms with Crippen LogP contribution in [-0.2, 0) is 10.8 Å². The van der Waals surface area contributed by atoms with Gasteiger partial charge in [-0.05, 0) is 144 Å². The zero-order valence-electron chi connectivity index (χ0n) is 36.6. The van der Waals surface area contributed by atoms with Crippen molar-refractivity contribution in [3.63, 3.8) is 0 Å². The highest BCUT2D eigenvalue weighted by Gasteiger charge is 2.46. The van der Waals surface area contributed by atoms with Gasteiger partial charge in [0.05, 0.1) is 5.41 Å². The largest absolute Gasteiger partial charge is 0.310 e. The van der Waals surface area contributed by atoms with Crippen molar-refractivity contribution in [2.75, 3.05) is 4.90 Å². The highest BCUT2D eigenvalue weighted by Crippen LogP contribution is 2.58. The van der Waals surface area contributed by atoms with Crippen LogP contribution in [-0.4, -0.2) is 0 Å². The molecule has 1 heteroatoms. The Kier molecular flexibility index (Phi) is 9.14. The Hall–Kier alpha value is -8.00. The molecule has 12 rings (SSSR count). The Morgan fingerprint density at radius 3 is 1.15 bits per heavy atom. The van der Waals surface area contributed by atoms with Crippen molar-refractivity contribution in [1.29, 1.82) is 0 Å². The van der Waals surface area contributed by atoms with Gasteiger partial charge in [-0.25, -0.2) is 0 Å². The fourth-order valence-corrected chi connectivity index (χ4v) is 11.0. The molecule has 308 valence electrons. The number of rotatable bonds is 8. The quantitative estimate of drug-likeness (QED) is 0.147. The normalized spacial score (nSPS) is 13.6. The molecule has 2 aliphatic carbocycles. The van der Waals surface area contributed by atoms with Crippen molar-refractivity contribution in [1.82, 2.24) is 0 Å². The molecule has 0 saturated heterocycles. The van der Waals surface area contributed by atoms with Gasteiger partial charge in [0.2, 0.25) is 0 Å². The average molecular weight is 830 g/mol. The van der Waals surface area contributed by atoms with Gasteiger partial charge in [0, 0.05) is 22.5 Å². The predicted molar refractivity (Wildman–Crippen MR) is 272 cm³/mol. The summed E-state index contributed by atoms with van der Waals surface area (Å²) in [4.78, 5) is 2.48.